The molecule has 0 amide bonds. The van der Waals surface area contributed by atoms with Gasteiger partial charge in [0.15, 0.2) is 0 Å². The van der Waals surface area contributed by atoms with Crippen LogP contribution in [0.1, 0.15) is 69.4 Å². The zero-order valence-electron chi connectivity index (χ0n) is 13.5. The first-order valence-electron chi connectivity index (χ1n) is 8.39. The lowest BCUT2D eigenvalue weighted by atomic mass is 9.74. The average molecular weight is 287 g/mol. The third-order valence-electron chi connectivity index (χ3n) is 5.05. The Morgan fingerprint density at radius 2 is 1.67 bits per heavy atom. The molecule has 0 saturated heterocycles. The lowest BCUT2D eigenvalue weighted by molar-refractivity contribution is -0.128. The van der Waals surface area contributed by atoms with E-state index in [0.29, 0.717) is 24.7 Å². The molecule has 1 fully saturated rings. The van der Waals surface area contributed by atoms with E-state index in [1.807, 2.05) is 0 Å². The van der Waals surface area contributed by atoms with Gasteiger partial charge in [0.2, 0.25) is 0 Å². The zero-order valence-corrected chi connectivity index (χ0v) is 13.5. The summed E-state index contributed by atoms with van der Waals surface area (Å²) in [5, 5.41) is 0. The van der Waals surface area contributed by atoms with Gasteiger partial charge < -0.3 is 5.73 Å². The van der Waals surface area contributed by atoms with Crippen LogP contribution in [0.15, 0.2) is 24.3 Å². The third-order valence-corrected chi connectivity index (χ3v) is 5.05. The van der Waals surface area contributed by atoms with E-state index < -0.39 is 0 Å². The lowest BCUT2D eigenvalue weighted by Gasteiger charge is -2.29. The quantitative estimate of drug-likeness (QED) is 0.824. The van der Waals surface area contributed by atoms with E-state index in [4.69, 9.17) is 5.73 Å². The van der Waals surface area contributed by atoms with E-state index in [0.717, 1.165) is 31.2 Å². The standard InChI is InChI=1S/C19H29NO/c1-15(2)17-9-7-16(8-10-17)13-18(21)19(14-20)11-5-3-4-6-12-19/h7-10,15H,3-6,11-14,20H2,1-2H3. The van der Waals surface area contributed by atoms with Gasteiger partial charge in [-0.05, 0) is 29.9 Å². The van der Waals surface area contributed by atoms with E-state index >= 15 is 0 Å². The minimum absolute atomic E-state index is 0.257. The maximum Gasteiger partial charge on any atom is 0.144 e. The summed E-state index contributed by atoms with van der Waals surface area (Å²) in [5.74, 6) is 0.885. The number of carbonyl (C=O) groups excluding carboxylic acids is 1. The molecular formula is C19H29NO. The van der Waals surface area contributed by atoms with Crippen LogP contribution in [0.3, 0.4) is 0 Å². The number of rotatable bonds is 5. The molecule has 1 saturated carbocycles. The van der Waals surface area contributed by atoms with Crippen molar-refractivity contribution >= 4 is 5.78 Å². The molecule has 0 unspecified atom stereocenters. The van der Waals surface area contributed by atoms with Gasteiger partial charge in [-0.1, -0.05) is 63.8 Å². The first-order valence-corrected chi connectivity index (χ1v) is 8.39. The van der Waals surface area contributed by atoms with Gasteiger partial charge in [-0.3, -0.25) is 4.79 Å². The molecule has 2 rings (SSSR count). The Morgan fingerprint density at radius 1 is 1.10 bits per heavy atom. The Hall–Kier alpha value is -1.15. The molecule has 1 aromatic carbocycles. The maximum atomic E-state index is 12.8. The molecule has 1 aliphatic carbocycles. The second-order valence-corrected chi connectivity index (χ2v) is 6.89. The maximum absolute atomic E-state index is 12.8. The van der Waals surface area contributed by atoms with Crippen molar-refractivity contribution in [3.63, 3.8) is 0 Å². The van der Waals surface area contributed by atoms with Gasteiger partial charge in [0.25, 0.3) is 0 Å². The number of hydrogen-bond acceptors (Lipinski definition) is 2. The number of carbonyl (C=O) groups is 1. The van der Waals surface area contributed by atoms with Crippen LogP contribution in [0, 0.1) is 5.41 Å². The van der Waals surface area contributed by atoms with Crippen molar-refractivity contribution in [2.45, 2.75) is 64.7 Å². The molecule has 0 aliphatic heterocycles. The van der Waals surface area contributed by atoms with Crippen LogP contribution in [0.4, 0.5) is 0 Å². The van der Waals surface area contributed by atoms with Crippen molar-refractivity contribution in [1.82, 2.24) is 0 Å². The molecule has 1 aliphatic rings. The molecule has 2 nitrogen and oxygen atoms in total. The van der Waals surface area contributed by atoms with Crippen molar-refractivity contribution in [2.24, 2.45) is 11.1 Å². The Morgan fingerprint density at radius 3 is 2.14 bits per heavy atom. The van der Waals surface area contributed by atoms with Gasteiger partial charge in [0, 0.05) is 18.4 Å². The van der Waals surface area contributed by atoms with Crippen molar-refractivity contribution < 1.29 is 4.79 Å². The molecule has 1 aromatic rings. The fourth-order valence-electron chi connectivity index (χ4n) is 3.40. The molecule has 0 aromatic heterocycles. The van der Waals surface area contributed by atoms with Crippen molar-refractivity contribution in [1.29, 1.82) is 0 Å². The highest BCUT2D eigenvalue weighted by molar-refractivity contribution is 5.87. The summed E-state index contributed by atoms with van der Waals surface area (Å²) in [6, 6.07) is 8.51. The lowest BCUT2D eigenvalue weighted by Crippen LogP contribution is -2.39. The molecular weight excluding hydrogens is 258 g/mol. The molecule has 2 heteroatoms. The highest BCUT2D eigenvalue weighted by atomic mass is 16.1. The largest absolute Gasteiger partial charge is 0.329 e. The minimum Gasteiger partial charge on any atom is -0.329 e. The summed E-state index contributed by atoms with van der Waals surface area (Å²) in [5.41, 5.74) is 8.20. The number of benzene rings is 1. The van der Waals surface area contributed by atoms with Crippen molar-refractivity contribution in [3.05, 3.63) is 35.4 Å². The average Bonchev–Trinajstić information content (AvgIpc) is 2.74. The van der Waals surface area contributed by atoms with Gasteiger partial charge in [-0.2, -0.15) is 0 Å². The van der Waals surface area contributed by atoms with Crippen LogP contribution in [-0.4, -0.2) is 12.3 Å². The number of ketones is 1. The number of Topliss-reactive ketones (excluding diaryl/α,β-unsaturated/α-hetero) is 1. The van der Waals surface area contributed by atoms with E-state index in [9.17, 15) is 4.79 Å². The SMILES string of the molecule is CC(C)c1ccc(CC(=O)C2(CN)CCCCCC2)cc1. The van der Waals surface area contributed by atoms with Gasteiger partial charge in [0.05, 0.1) is 0 Å². The molecule has 0 spiro atoms. The molecule has 21 heavy (non-hydrogen) atoms. The predicted octanol–water partition coefficient (Wildman–Crippen LogP) is 4.22. The van der Waals surface area contributed by atoms with Crippen LogP contribution in [0.5, 0.6) is 0 Å². The van der Waals surface area contributed by atoms with Crippen LogP contribution in [0.25, 0.3) is 0 Å². The van der Waals surface area contributed by atoms with Crippen LogP contribution < -0.4 is 5.73 Å². The van der Waals surface area contributed by atoms with Gasteiger partial charge >= 0.3 is 0 Å². The highest BCUT2D eigenvalue weighted by Gasteiger charge is 2.36. The first-order chi connectivity index (χ1) is 10.1. The number of nitrogens with two attached hydrogens (primary N) is 1. The molecule has 0 radical (unpaired) electrons. The smallest absolute Gasteiger partial charge is 0.144 e. The predicted molar refractivity (Wildman–Crippen MR) is 88.4 cm³/mol. The summed E-state index contributed by atoms with van der Waals surface area (Å²) in [7, 11) is 0. The van der Waals surface area contributed by atoms with E-state index in [1.54, 1.807) is 0 Å². The van der Waals surface area contributed by atoms with Gasteiger partial charge in [0.1, 0.15) is 5.78 Å². The minimum atomic E-state index is -0.257. The fraction of sp³-hybridized carbons (Fsp3) is 0.632. The Kier molecular flexibility index (Phi) is 5.58. The van der Waals surface area contributed by atoms with E-state index in [1.165, 1.54) is 18.4 Å². The summed E-state index contributed by atoms with van der Waals surface area (Å²) >= 11 is 0. The second-order valence-electron chi connectivity index (χ2n) is 6.89. The Balaban J connectivity index is 2.08. The van der Waals surface area contributed by atoms with Crippen molar-refractivity contribution in [3.8, 4) is 0 Å². The Labute approximate surface area is 129 Å². The summed E-state index contributed by atoms with van der Waals surface area (Å²) in [4.78, 5) is 12.8. The summed E-state index contributed by atoms with van der Waals surface area (Å²) < 4.78 is 0. The molecule has 2 N–H and O–H groups in total. The zero-order chi connectivity index (χ0) is 15.3. The van der Waals surface area contributed by atoms with Gasteiger partial charge in [-0.25, -0.2) is 0 Å². The second kappa shape index (κ2) is 7.22. The molecule has 0 heterocycles. The van der Waals surface area contributed by atoms with Crippen LogP contribution in [0.2, 0.25) is 0 Å². The van der Waals surface area contributed by atoms with Gasteiger partial charge in [-0.15, -0.1) is 0 Å². The topological polar surface area (TPSA) is 43.1 Å². The fourth-order valence-corrected chi connectivity index (χ4v) is 3.40. The van der Waals surface area contributed by atoms with Crippen LogP contribution >= 0.6 is 0 Å². The molecule has 0 atom stereocenters. The molecule has 0 bridgehead atoms. The van der Waals surface area contributed by atoms with E-state index in [-0.39, 0.29) is 5.41 Å². The number of hydrogen-bond donors (Lipinski definition) is 1. The highest BCUT2D eigenvalue weighted by Crippen LogP contribution is 2.36. The van der Waals surface area contributed by atoms with Crippen molar-refractivity contribution in [2.75, 3.05) is 6.54 Å². The summed E-state index contributed by atoms with van der Waals surface area (Å²) in [6.45, 7) is 4.89. The molecule has 116 valence electrons. The first kappa shape index (κ1) is 16.2. The van der Waals surface area contributed by atoms with Crippen LogP contribution in [-0.2, 0) is 11.2 Å². The normalized spacial score (nSPS) is 18.5. The summed E-state index contributed by atoms with van der Waals surface area (Å²) in [6.07, 6.45) is 7.29. The van der Waals surface area contributed by atoms with E-state index in [2.05, 4.69) is 38.1 Å². The third kappa shape index (κ3) is 3.94. The monoisotopic (exact) mass is 287 g/mol. The Bertz CT molecular complexity index is 453.